The number of nitrogens with one attached hydrogen (secondary N) is 1. The minimum Gasteiger partial charge on any atom is -0.481 e. The number of carbonyl (C=O) groups is 2. The zero-order valence-electron chi connectivity index (χ0n) is 15.3. The van der Waals surface area contributed by atoms with Crippen molar-refractivity contribution in [2.24, 2.45) is 0 Å². The van der Waals surface area contributed by atoms with Crippen molar-refractivity contribution in [2.75, 3.05) is 19.0 Å². The summed E-state index contributed by atoms with van der Waals surface area (Å²) in [4.78, 5) is 23.2. The Morgan fingerprint density at radius 3 is 2.38 bits per heavy atom. The highest BCUT2D eigenvalue weighted by Gasteiger charge is 2.14. The second kappa shape index (κ2) is 8.49. The van der Waals surface area contributed by atoms with Crippen LogP contribution in [-0.4, -0.2) is 30.7 Å². The summed E-state index contributed by atoms with van der Waals surface area (Å²) in [6.45, 7) is 5.07. The zero-order valence-corrected chi connectivity index (χ0v) is 15.3. The van der Waals surface area contributed by atoms with Crippen LogP contribution in [0.1, 0.15) is 40.1 Å². The summed E-state index contributed by atoms with van der Waals surface area (Å²) in [6, 6.07) is 10.8. The average molecular weight is 357 g/mol. The largest absolute Gasteiger partial charge is 0.481 e. The van der Waals surface area contributed by atoms with Crippen LogP contribution in [0.15, 0.2) is 36.4 Å². The van der Waals surface area contributed by atoms with E-state index in [1.165, 1.54) is 0 Å². The number of amides is 1. The van der Waals surface area contributed by atoms with Crippen molar-refractivity contribution in [3.8, 4) is 5.75 Å². The molecule has 0 aliphatic rings. The molecule has 0 heterocycles. The van der Waals surface area contributed by atoms with Crippen LogP contribution in [0.4, 0.5) is 5.69 Å². The molecule has 0 aliphatic carbocycles. The second-order valence-corrected chi connectivity index (χ2v) is 6.08. The molecule has 2 N–H and O–H groups in total. The van der Waals surface area contributed by atoms with Gasteiger partial charge in [0, 0.05) is 18.4 Å². The van der Waals surface area contributed by atoms with Crippen LogP contribution in [-0.2, 0) is 9.53 Å². The molecule has 2 aromatic carbocycles. The third-order valence-electron chi connectivity index (χ3n) is 4.03. The summed E-state index contributed by atoms with van der Waals surface area (Å²) < 4.78 is 10.6. The Morgan fingerprint density at radius 2 is 1.81 bits per heavy atom. The number of rotatable bonds is 7. The number of benzene rings is 2. The van der Waals surface area contributed by atoms with E-state index in [1.807, 2.05) is 31.2 Å². The van der Waals surface area contributed by atoms with Gasteiger partial charge in [-0.1, -0.05) is 12.1 Å². The Kier molecular flexibility index (Phi) is 6.36. The molecule has 0 bridgehead atoms. The summed E-state index contributed by atoms with van der Waals surface area (Å²) in [5, 5.41) is 11.6. The molecule has 0 aliphatic heterocycles. The van der Waals surface area contributed by atoms with Gasteiger partial charge in [-0.25, -0.2) is 4.79 Å². The number of ether oxygens (including phenoxy) is 2. The highest BCUT2D eigenvalue weighted by Crippen LogP contribution is 2.26. The molecular formula is C20H23NO5. The molecule has 0 aromatic heterocycles. The van der Waals surface area contributed by atoms with Crippen LogP contribution in [0.2, 0.25) is 0 Å². The monoisotopic (exact) mass is 357 g/mol. The second-order valence-electron chi connectivity index (χ2n) is 6.08. The number of methoxy groups -OCH3 is 1. The van der Waals surface area contributed by atoms with Crippen molar-refractivity contribution in [1.82, 2.24) is 0 Å². The maximum atomic E-state index is 12.6. The van der Waals surface area contributed by atoms with E-state index < -0.39 is 12.6 Å². The Hall–Kier alpha value is -2.86. The topological polar surface area (TPSA) is 84.9 Å². The fourth-order valence-electron chi connectivity index (χ4n) is 2.65. The van der Waals surface area contributed by atoms with E-state index in [0.29, 0.717) is 28.1 Å². The molecule has 1 unspecified atom stereocenters. The number of anilines is 1. The molecule has 0 saturated carbocycles. The van der Waals surface area contributed by atoms with Crippen molar-refractivity contribution in [3.05, 3.63) is 58.7 Å². The summed E-state index contributed by atoms with van der Waals surface area (Å²) in [5.74, 6) is -0.807. The van der Waals surface area contributed by atoms with Crippen molar-refractivity contribution in [3.63, 3.8) is 0 Å². The van der Waals surface area contributed by atoms with E-state index in [0.717, 1.165) is 5.56 Å². The lowest BCUT2D eigenvalue weighted by atomic mass is 10.0. The van der Waals surface area contributed by atoms with Crippen LogP contribution in [0.3, 0.4) is 0 Å². The molecule has 2 rings (SSSR count). The van der Waals surface area contributed by atoms with E-state index in [-0.39, 0.29) is 12.0 Å². The first-order valence-corrected chi connectivity index (χ1v) is 8.21. The number of carboxylic acids is 1. The lowest BCUT2D eigenvalue weighted by Crippen LogP contribution is -2.14. The highest BCUT2D eigenvalue weighted by molar-refractivity contribution is 6.04. The smallest absolute Gasteiger partial charge is 0.341 e. The van der Waals surface area contributed by atoms with Gasteiger partial charge >= 0.3 is 5.97 Å². The summed E-state index contributed by atoms with van der Waals surface area (Å²) in [5.41, 5.74) is 3.54. The van der Waals surface area contributed by atoms with Crippen molar-refractivity contribution in [2.45, 2.75) is 26.9 Å². The maximum Gasteiger partial charge on any atom is 0.341 e. The predicted octanol–water partition coefficient (Wildman–Crippen LogP) is 3.73. The third kappa shape index (κ3) is 4.83. The molecule has 1 amide bonds. The van der Waals surface area contributed by atoms with Crippen LogP contribution in [0.25, 0.3) is 0 Å². The lowest BCUT2D eigenvalue weighted by Gasteiger charge is -2.14. The van der Waals surface area contributed by atoms with Gasteiger partial charge < -0.3 is 19.9 Å². The van der Waals surface area contributed by atoms with Gasteiger partial charge in [0.1, 0.15) is 5.75 Å². The maximum absolute atomic E-state index is 12.6. The molecule has 1 atom stereocenters. The van der Waals surface area contributed by atoms with Crippen molar-refractivity contribution >= 4 is 17.6 Å². The van der Waals surface area contributed by atoms with E-state index in [2.05, 4.69) is 5.32 Å². The summed E-state index contributed by atoms with van der Waals surface area (Å²) in [6.07, 6.45) is -0.0676. The molecule has 6 heteroatoms. The van der Waals surface area contributed by atoms with Crippen LogP contribution < -0.4 is 10.1 Å². The minimum absolute atomic E-state index is 0.0676. The lowest BCUT2D eigenvalue weighted by molar-refractivity contribution is -0.139. The Bertz CT molecular complexity index is 793. The van der Waals surface area contributed by atoms with Gasteiger partial charge in [-0.05, 0) is 61.7 Å². The first-order chi connectivity index (χ1) is 12.3. The van der Waals surface area contributed by atoms with Gasteiger partial charge in [-0.15, -0.1) is 0 Å². The van der Waals surface area contributed by atoms with Crippen molar-refractivity contribution in [1.29, 1.82) is 0 Å². The van der Waals surface area contributed by atoms with Gasteiger partial charge in [-0.2, -0.15) is 0 Å². The Balaban J connectivity index is 2.18. The van der Waals surface area contributed by atoms with Gasteiger partial charge in [0.05, 0.1) is 6.10 Å². The summed E-state index contributed by atoms with van der Waals surface area (Å²) >= 11 is 0. The van der Waals surface area contributed by atoms with Gasteiger partial charge in [0.15, 0.2) is 6.61 Å². The fourth-order valence-corrected chi connectivity index (χ4v) is 2.65. The average Bonchev–Trinajstić information content (AvgIpc) is 2.60. The Labute approximate surface area is 152 Å². The molecule has 0 spiro atoms. The van der Waals surface area contributed by atoms with Crippen LogP contribution in [0, 0.1) is 13.8 Å². The summed E-state index contributed by atoms with van der Waals surface area (Å²) in [7, 11) is 1.63. The number of carboxylic acid groups (broad SMARTS) is 1. The van der Waals surface area contributed by atoms with E-state index in [1.54, 1.807) is 33.1 Å². The van der Waals surface area contributed by atoms with E-state index in [4.69, 9.17) is 14.6 Å². The van der Waals surface area contributed by atoms with Gasteiger partial charge in [0.2, 0.25) is 0 Å². The fraction of sp³-hybridized carbons (Fsp3) is 0.300. The quantitative estimate of drug-likeness (QED) is 0.789. The number of aryl methyl sites for hydroxylation is 2. The molecule has 0 radical (unpaired) electrons. The van der Waals surface area contributed by atoms with E-state index in [9.17, 15) is 9.59 Å². The third-order valence-corrected chi connectivity index (χ3v) is 4.03. The number of hydrogen-bond acceptors (Lipinski definition) is 4. The van der Waals surface area contributed by atoms with Crippen LogP contribution in [0.5, 0.6) is 5.75 Å². The zero-order chi connectivity index (χ0) is 19.3. The number of carbonyl (C=O) groups excluding carboxylic acids is 1. The van der Waals surface area contributed by atoms with Gasteiger partial charge in [-0.3, -0.25) is 4.79 Å². The first kappa shape index (κ1) is 19.5. The molecule has 2 aromatic rings. The molecule has 0 saturated heterocycles. The van der Waals surface area contributed by atoms with Gasteiger partial charge in [0.25, 0.3) is 5.91 Å². The first-order valence-electron chi connectivity index (χ1n) is 8.21. The minimum atomic E-state index is -1.05. The number of aliphatic carboxylic acids is 1. The van der Waals surface area contributed by atoms with Crippen LogP contribution >= 0.6 is 0 Å². The molecule has 0 fully saturated rings. The highest BCUT2D eigenvalue weighted by atomic mass is 16.5. The Morgan fingerprint density at radius 1 is 1.15 bits per heavy atom. The SMILES string of the molecule is COC(C)c1cccc(NC(=O)c2cc(C)c(OCC(=O)O)c(C)c2)c1. The predicted molar refractivity (Wildman–Crippen MR) is 98.9 cm³/mol. The molecular weight excluding hydrogens is 334 g/mol. The molecule has 26 heavy (non-hydrogen) atoms. The molecule has 138 valence electrons. The number of hydrogen-bond donors (Lipinski definition) is 2. The normalized spacial score (nSPS) is 11.7. The van der Waals surface area contributed by atoms with Crippen molar-refractivity contribution < 1.29 is 24.2 Å². The van der Waals surface area contributed by atoms with E-state index >= 15 is 0 Å². The standard InChI is InChI=1S/C20H23NO5/c1-12-8-16(9-13(2)19(12)26-11-18(22)23)20(24)21-17-7-5-6-15(10-17)14(3)25-4/h5-10,14H,11H2,1-4H3,(H,21,24)(H,22,23). The molecule has 6 nitrogen and oxygen atoms in total.